The van der Waals surface area contributed by atoms with Gasteiger partial charge in [0.15, 0.2) is 0 Å². The number of aromatic nitrogens is 3. The summed E-state index contributed by atoms with van der Waals surface area (Å²) in [7, 11) is 0. The molecule has 0 aliphatic rings. The van der Waals surface area contributed by atoms with Gasteiger partial charge in [0.25, 0.3) is 0 Å². The summed E-state index contributed by atoms with van der Waals surface area (Å²) in [6.07, 6.45) is -2.93. The van der Waals surface area contributed by atoms with Crippen molar-refractivity contribution < 1.29 is 13.2 Å². The first-order chi connectivity index (χ1) is 12.2. The molecule has 0 unspecified atom stereocenters. The molecule has 2 heterocycles. The van der Waals surface area contributed by atoms with E-state index >= 15 is 0 Å². The van der Waals surface area contributed by atoms with Crippen molar-refractivity contribution in [3.8, 4) is 0 Å². The first kappa shape index (κ1) is 17.9. The van der Waals surface area contributed by atoms with Gasteiger partial charge in [-0.15, -0.1) is 0 Å². The van der Waals surface area contributed by atoms with Crippen LogP contribution in [0.2, 0.25) is 0 Å². The Hall–Kier alpha value is -2.90. The number of benzene rings is 1. The van der Waals surface area contributed by atoms with Crippen LogP contribution in [0.4, 0.5) is 19.0 Å². The lowest BCUT2D eigenvalue weighted by molar-refractivity contribution is -0.138. The van der Waals surface area contributed by atoms with E-state index in [0.717, 1.165) is 6.07 Å². The topological polar surface area (TPSA) is 70.7 Å². The highest BCUT2D eigenvalue weighted by atomic mass is 19.4. The van der Waals surface area contributed by atoms with Gasteiger partial charge in [-0.3, -0.25) is 4.79 Å². The Bertz CT molecular complexity index is 1030. The normalized spacial score (nSPS) is 13.0. The van der Waals surface area contributed by atoms with Crippen LogP contribution < -0.4 is 10.9 Å². The van der Waals surface area contributed by atoms with Crippen molar-refractivity contribution in [2.75, 3.05) is 5.32 Å². The maximum Gasteiger partial charge on any atom is 0.416 e. The van der Waals surface area contributed by atoms with Crippen LogP contribution >= 0.6 is 0 Å². The molecule has 3 aromatic rings. The van der Waals surface area contributed by atoms with Gasteiger partial charge in [-0.1, -0.05) is 12.1 Å². The Morgan fingerprint density at radius 3 is 2.62 bits per heavy atom. The minimum absolute atomic E-state index is 0.160. The Labute approximate surface area is 147 Å². The minimum atomic E-state index is -4.41. The summed E-state index contributed by atoms with van der Waals surface area (Å²) in [5.41, 5.74) is 0.245. The average molecular weight is 362 g/mol. The van der Waals surface area contributed by atoms with Gasteiger partial charge in [-0.05, 0) is 38.0 Å². The van der Waals surface area contributed by atoms with Gasteiger partial charge in [-0.25, -0.2) is 9.97 Å². The maximum absolute atomic E-state index is 13.1. The zero-order chi connectivity index (χ0) is 19.1. The molecule has 2 aromatic heterocycles. The van der Waals surface area contributed by atoms with Gasteiger partial charge >= 0.3 is 6.18 Å². The van der Waals surface area contributed by atoms with Crippen LogP contribution in [0.15, 0.2) is 35.3 Å². The molecule has 0 aliphatic heterocycles. The number of rotatable bonds is 3. The van der Waals surface area contributed by atoms with Gasteiger partial charge in [0.1, 0.15) is 11.6 Å². The number of anilines is 1. The van der Waals surface area contributed by atoms with Crippen molar-refractivity contribution in [2.45, 2.75) is 33.0 Å². The molecule has 0 amide bonds. The lowest BCUT2D eigenvalue weighted by Crippen LogP contribution is -2.15. The van der Waals surface area contributed by atoms with Crippen LogP contribution in [0.25, 0.3) is 10.9 Å². The van der Waals surface area contributed by atoms with E-state index in [2.05, 4.69) is 20.3 Å². The number of halogens is 3. The second kappa shape index (κ2) is 6.44. The highest BCUT2D eigenvalue weighted by Crippen LogP contribution is 2.35. The molecule has 0 saturated heterocycles. The van der Waals surface area contributed by atoms with Gasteiger partial charge in [0.2, 0.25) is 5.56 Å². The minimum Gasteiger partial charge on any atom is -0.363 e. The zero-order valence-corrected chi connectivity index (χ0v) is 14.4. The first-order valence-electron chi connectivity index (χ1n) is 7.97. The van der Waals surface area contributed by atoms with E-state index in [1.54, 1.807) is 19.9 Å². The molecule has 136 valence electrons. The van der Waals surface area contributed by atoms with Crippen LogP contribution in [-0.4, -0.2) is 15.0 Å². The number of nitrogens with one attached hydrogen (secondary N) is 2. The van der Waals surface area contributed by atoms with Crippen molar-refractivity contribution in [1.29, 1.82) is 0 Å². The Kier molecular flexibility index (Phi) is 4.43. The smallest absolute Gasteiger partial charge is 0.363 e. The van der Waals surface area contributed by atoms with Gasteiger partial charge in [0, 0.05) is 17.6 Å². The summed E-state index contributed by atoms with van der Waals surface area (Å²) in [6.45, 7) is 4.90. The summed E-state index contributed by atoms with van der Waals surface area (Å²) in [4.78, 5) is 22.7. The Balaban J connectivity index is 2.04. The van der Waals surface area contributed by atoms with E-state index in [4.69, 9.17) is 0 Å². The van der Waals surface area contributed by atoms with Gasteiger partial charge in [0.05, 0.1) is 17.1 Å². The summed E-state index contributed by atoms with van der Waals surface area (Å²) >= 11 is 0. The fourth-order valence-corrected chi connectivity index (χ4v) is 2.99. The standard InChI is InChI=1S/C18H17F3N4O/c1-9-12(5-4-6-14(9)18(19,20)21)10(2)23-17-13-7-16(26)22-8-15(13)24-11(3)25-17/h4-8,10H,1-3H3,(H,22,26)(H,23,24,25)/t10-/m1/s1. The molecule has 2 N–H and O–H groups in total. The molecule has 1 aromatic carbocycles. The lowest BCUT2D eigenvalue weighted by Gasteiger charge is -2.21. The molecule has 1 atom stereocenters. The number of hydrogen-bond donors (Lipinski definition) is 2. The van der Waals surface area contributed by atoms with Crippen molar-refractivity contribution in [2.24, 2.45) is 0 Å². The summed E-state index contributed by atoms with van der Waals surface area (Å²) in [6, 6.07) is 5.01. The number of H-pyrrole nitrogens is 1. The van der Waals surface area contributed by atoms with Crippen LogP contribution in [0.5, 0.6) is 0 Å². The number of pyridine rings is 1. The van der Waals surface area contributed by atoms with Crippen molar-refractivity contribution in [1.82, 2.24) is 15.0 Å². The molecule has 5 nitrogen and oxygen atoms in total. The summed E-state index contributed by atoms with van der Waals surface area (Å²) < 4.78 is 39.4. The fraction of sp³-hybridized carbons (Fsp3) is 0.278. The lowest BCUT2D eigenvalue weighted by atomic mass is 9.97. The van der Waals surface area contributed by atoms with Crippen LogP contribution in [0.3, 0.4) is 0 Å². The van der Waals surface area contributed by atoms with Crippen molar-refractivity contribution in [3.05, 3.63) is 63.3 Å². The first-order valence-corrected chi connectivity index (χ1v) is 7.97. The zero-order valence-electron chi connectivity index (χ0n) is 14.4. The van der Waals surface area contributed by atoms with E-state index in [1.807, 2.05) is 0 Å². The molecule has 0 spiro atoms. The predicted octanol–water partition coefficient (Wildman–Crippen LogP) is 4.13. The van der Waals surface area contributed by atoms with Crippen LogP contribution in [0.1, 0.15) is 35.5 Å². The number of aryl methyl sites for hydroxylation is 1. The van der Waals surface area contributed by atoms with Gasteiger partial charge in [-0.2, -0.15) is 13.2 Å². The number of aromatic amines is 1. The average Bonchev–Trinajstić information content (AvgIpc) is 2.54. The number of nitrogens with zero attached hydrogens (tertiary/aromatic N) is 2. The van der Waals surface area contributed by atoms with Crippen molar-refractivity contribution in [3.63, 3.8) is 0 Å². The second-order valence-electron chi connectivity index (χ2n) is 6.10. The Morgan fingerprint density at radius 2 is 1.92 bits per heavy atom. The number of fused-ring (bicyclic) bond motifs is 1. The van der Waals surface area contributed by atoms with Crippen LogP contribution in [-0.2, 0) is 6.18 Å². The third-order valence-electron chi connectivity index (χ3n) is 4.21. The van der Waals surface area contributed by atoms with Crippen LogP contribution in [0, 0.1) is 13.8 Å². The van der Waals surface area contributed by atoms with E-state index in [1.165, 1.54) is 25.3 Å². The van der Waals surface area contributed by atoms with E-state index in [-0.39, 0.29) is 11.1 Å². The van der Waals surface area contributed by atoms with E-state index < -0.39 is 17.8 Å². The monoisotopic (exact) mass is 362 g/mol. The molecule has 0 aliphatic carbocycles. The third-order valence-corrected chi connectivity index (χ3v) is 4.21. The molecule has 3 rings (SSSR count). The molecule has 8 heteroatoms. The molecular weight excluding hydrogens is 345 g/mol. The number of alkyl halides is 3. The number of hydrogen-bond acceptors (Lipinski definition) is 4. The third kappa shape index (κ3) is 3.40. The maximum atomic E-state index is 13.1. The Morgan fingerprint density at radius 1 is 1.19 bits per heavy atom. The van der Waals surface area contributed by atoms with Crippen molar-refractivity contribution >= 4 is 16.7 Å². The largest absolute Gasteiger partial charge is 0.416 e. The molecule has 0 fully saturated rings. The molecular formula is C18H17F3N4O. The van der Waals surface area contributed by atoms with E-state index in [9.17, 15) is 18.0 Å². The molecule has 0 bridgehead atoms. The summed E-state index contributed by atoms with van der Waals surface area (Å²) in [5.74, 6) is 0.892. The highest BCUT2D eigenvalue weighted by molar-refractivity contribution is 5.88. The molecule has 0 radical (unpaired) electrons. The summed E-state index contributed by atoms with van der Waals surface area (Å²) in [5, 5.41) is 3.63. The second-order valence-corrected chi connectivity index (χ2v) is 6.10. The fourth-order valence-electron chi connectivity index (χ4n) is 2.99. The molecule has 0 saturated carbocycles. The SMILES string of the molecule is Cc1nc(N[C@H](C)c2cccc(C(F)(F)F)c2C)c2cc(=O)[nH]cc2n1. The molecule has 26 heavy (non-hydrogen) atoms. The quantitative estimate of drug-likeness (QED) is 0.735. The van der Waals surface area contributed by atoms with E-state index in [0.29, 0.717) is 28.1 Å². The predicted molar refractivity (Wildman–Crippen MR) is 93.1 cm³/mol. The highest BCUT2D eigenvalue weighted by Gasteiger charge is 2.33. The van der Waals surface area contributed by atoms with Gasteiger partial charge < -0.3 is 10.3 Å².